The minimum Gasteiger partial charge on any atom is -0.324 e. The molecular formula is C9H13ClN6O2S. The van der Waals surface area contributed by atoms with Gasteiger partial charge in [-0.2, -0.15) is 5.10 Å². The topological polar surface area (TPSA) is 106 Å². The summed E-state index contributed by atoms with van der Waals surface area (Å²) in [5.41, 5.74) is 0. The van der Waals surface area contributed by atoms with Gasteiger partial charge >= 0.3 is 0 Å². The van der Waals surface area contributed by atoms with Gasteiger partial charge in [0.15, 0.2) is 0 Å². The lowest BCUT2D eigenvalue weighted by atomic mass is 10.3. The predicted molar refractivity (Wildman–Crippen MR) is 68.1 cm³/mol. The number of hydrogen-bond acceptors (Lipinski definition) is 5. The van der Waals surface area contributed by atoms with Crippen LogP contribution in [0.3, 0.4) is 0 Å². The van der Waals surface area contributed by atoms with Crippen LogP contribution in [0.1, 0.15) is 12.2 Å². The molecule has 0 bridgehead atoms. The normalized spacial score (nSPS) is 11.9. The van der Waals surface area contributed by atoms with Crippen molar-refractivity contribution < 1.29 is 8.42 Å². The second kappa shape index (κ2) is 5.68. The quantitative estimate of drug-likeness (QED) is 0.736. The fraction of sp³-hybridized carbons (Fsp3) is 0.444. The minimum absolute atomic E-state index is 0.0859. The van der Waals surface area contributed by atoms with Crippen molar-refractivity contribution in [2.45, 2.75) is 17.9 Å². The van der Waals surface area contributed by atoms with Crippen LogP contribution in [0.25, 0.3) is 0 Å². The summed E-state index contributed by atoms with van der Waals surface area (Å²) in [5, 5.41) is 6.34. The van der Waals surface area contributed by atoms with E-state index in [9.17, 15) is 8.42 Å². The number of halogens is 1. The lowest BCUT2D eigenvalue weighted by molar-refractivity contribution is 0.575. The average Bonchev–Trinajstić information content (AvgIpc) is 2.97. The zero-order valence-corrected chi connectivity index (χ0v) is 11.7. The van der Waals surface area contributed by atoms with Crippen LogP contribution in [-0.2, 0) is 23.5 Å². The molecule has 0 aromatic carbocycles. The van der Waals surface area contributed by atoms with E-state index in [0.29, 0.717) is 12.8 Å². The number of nitrogens with zero attached hydrogens (tertiary/aromatic N) is 4. The molecular weight excluding hydrogens is 292 g/mol. The van der Waals surface area contributed by atoms with Crippen LogP contribution in [0.5, 0.6) is 0 Å². The van der Waals surface area contributed by atoms with Gasteiger partial charge in [0.2, 0.25) is 5.03 Å². The fourth-order valence-corrected chi connectivity index (χ4v) is 2.95. The molecule has 0 saturated heterocycles. The van der Waals surface area contributed by atoms with Crippen LogP contribution in [-0.4, -0.2) is 39.7 Å². The Labute approximate surface area is 115 Å². The number of H-pyrrole nitrogens is 1. The van der Waals surface area contributed by atoms with Crippen molar-refractivity contribution in [2.24, 2.45) is 7.05 Å². The maximum Gasteiger partial charge on any atom is 0.261 e. The van der Waals surface area contributed by atoms with Gasteiger partial charge in [-0.3, -0.25) is 5.10 Å². The molecule has 0 spiro atoms. The molecule has 0 atom stereocenters. The van der Waals surface area contributed by atoms with Gasteiger partial charge in [-0.15, -0.1) is 0 Å². The number of aryl methyl sites for hydroxylation is 2. The molecule has 2 rings (SSSR count). The number of aromatic nitrogens is 5. The Morgan fingerprint density at radius 3 is 2.84 bits per heavy atom. The summed E-state index contributed by atoms with van der Waals surface area (Å²) in [6.07, 6.45) is 3.97. The first-order valence-corrected chi connectivity index (χ1v) is 7.37. The van der Waals surface area contributed by atoms with Gasteiger partial charge in [0.1, 0.15) is 17.3 Å². The number of nitrogens with one attached hydrogen (secondary N) is 2. The molecule has 2 heterocycles. The lowest BCUT2D eigenvalue weighted by Crippen LogP contribution is -2.25. The first-order chi connectivity index (χ1) is 9.00. The SMILES string of the molecule is Cn1cnc(S(=O)(=O)NCCCc2ncn[nH]2)c1Cl. The average molecular weight is 305 g/mol. The van der Waals surface area contributed by atoms with Gasteiger partial charge in [0.25, 0.3) is 10.0 Å². The van der Waals surface area contributed by atoms with Gasteiger partial charge in [-0.05, 0) is 6.42 Å². The molecule has 0 aliphatic heterocycles. The summed E-state index contributed by atoms with van der Waals surface area (Å²) in [7, 11) is -2.05. The van der Waals surface area contributed by atoms with Crippen LogP contribution in [0, 0.1) is 0 Å². The van der Waals surface area contributed by atoms with E-state index in [0.717, 1.165) is 5.82 Å². The lowest BCUT2D eigenvalue weighted by Gasteiger charge is -2.04. The first kappa shape index (κ1) is 14.0. The number of hydrogen-bond donors (Lipinski definition) is 2. The maximum atomic E-state index is 11.9. The molecule has 0 aliphatic rings. The zero-order chi connectivity index (χ0) is 13.9. The Morgan fingerprint density at radius 2 is 2.26 bits per heavy atom. The van der Waals surface area contributed by atoms with Crippen LogP contribution >= 0.6 is 11.6 Å². The summed E-state index contributed by atoms with van der Waals surface area (Å²) >= 11 is 5.85. The van der Waals surface area contributed by atoms with Crippen molar-refractivity contribution in [3.63, 3.8) is 0 Å². The Hall–Kier alpha value is -1.45. The van der Waals surface area contributed by atoms with Crippen molar-refractivity contribution >= 4 is 21.6 Å². The van der Waals surface area contributed by atoms with Gasteiger partial charge in [0.05, 0.1) is 6.33 Å². The van der Waals surface area contributed by atoms with Gasteiger partial charge < -0.3 is 4.57 Å². The standard InChI is InChI=1S/C9H13ClN6O2S/c1-16-6-12-9(8(16)10)19(17,18)14-4-2-3-7-11-5-13-15-7/h5-6,14H,2-4H2,1H3,(H,11,13,15). The van der Waals surface area contributed by atoms with Crippen molar-refractivity contribution in [1.82, 2.24) is 29.5 Å². The Morgan fingerprint density at radius 1 is 1.47 bits per heavy atom. The molecule has 2 aromatic heterocycles. The van der Waals surface area contributed by atoms with Crippen LogP contribution in [0.4, 0.5) is 0 Å². The molecule has 104 valence electrons. The summed E-state index contributed by atoms with van der Waals surface area (Å²) in [5.74, 6) is 0.718. The molecule has 0 saturated carbocycles. The fourth-order valence-electron chi connectivity index (χ4n) is 1.46. The number of sulfonamides is 1. The van der Waals surface area contributed by atoms with Crippen LogP contribution < -0.4 is 4.72 Å². The summed E-state index contributed by atoms with van der Waals surface area (Å²) < 4.78 is 27.7. The van der Waals surface area contributed by atoms with Gasteiger partial charge in [-0.1, -0.05) is 11.6 Å². The van der Waals surface area contributed by atoms with E-state index in [1.54, 1.807) is 7.05 Å². The van der Waals surface area contributed by atoms with Gasteiger partial charge in [0, 0.05) is 20.0 Å². The Balaban J connectivity index is 1.90. The molecule has 0 fully saturated rings. The highest BCUT2D eigenvalue weighted by Gasteiger charge is 2.21. The van der Waals surface area contributed by atoms with E-state index in [1.165, 1.54) is 17.2 Å². The summed E-state index contributed by atoms with van der Waals surface area (Å²) in [6.45, 7) is 0.274. The van der Waals surface area contributed by atoms with E-state index in [-0.39, 0.29) is 16.7 Å². The van der Waals surface area contributed by atoms with E-state index in [1.807, 2.05) is 0 Å². The van der Waals surface area contributed by atoms with Crippen molar-refractivity contribution in [2.75, 3.05) is 6.54 Å². The second-order valence-electron chi connectivity index (χ2n) is 3.88. The van der Waals surface area contributed by atoms with E-state index < -0.39 is 10.0 Å². The molecule has 8 nitrogen and oxygen atoms in total. The zero-order valence-electron chi connectivity index (χ0n) is 10.2. The first-order valence-electron chi connectivity index (χ1n) is 5.51. The Bertz CT molecular complexity index is 636. The highest BCUT2D eigenvalue weighted by atomic mass is 35.5. The maximum absolute atomic E-state index is 11.9. The molecule has 2 N–H and O–H groups in total. The van der Waals surface area contributed by atoms with E-state index >= 15 is 0 Å². The van der Waals surface area contributed by atoms with Crippen LogP contribution in [0.15, 0.2) is 17.7 Å². The molecule has 0 amide bonds. The summed E-state index contributed by atoms with van der Waals surface area (Å²) in [6, 6.07) is 0. The summed E-state index contributed by atoms with van der Waals surface area (Å²) in [4.78, 5) is 7.71. The smallest absolute Gasteiger partial charge is 0.261 e. The Kier molecular flexibility index (Phi) is 4.17. The highest BCUT2D eigenvalue weighted by molar-refractivity contribution is 7.89. The van der Waals surface area contributed by atoms with Crippen molar-refractivity contribution in [1.29, 1.82) is 0 Å². The minimum atomic E-state index is -3.67. The molecule has 2 aromatic rings. The van der Waals surface area contributed by atoms with Crippen LogP contribution in [0.2, 0.25) is 5.15 Å². The predicted octanol–water partition coefficient (Wildman–Crippen LogP) is 0.103. The molecule has 19 heavy (non-hydrogen) atoms. The monoisotopic (exact) mass is 304 g/mol. The third-order valence-electron chi connectivity index (χ3n) is 2.44. The number of imidazole rings is 1. The third-order valence-corrected chi connectivity index (χ3v) is 4.39. The number of aromatic amines is 1. The van der Waals surface area contributed by atoms with Gasteiger partial charge in [-0.25, -0.2) is 23.1 Å². The highest BCUT2D eigenvalue weighted by Crippen LogP contribution is 2.17. The molecule has 0 unspecified atom stereocenters. The molecule has 10 heteroatoms. The van der Waals surface area contributed by atoms with Crippen molar-refractivity contribution in [3.05, 3.63) is 23.6 Å². The third kappa shape index (κ3) is 3.31. The number of rotatable bonds is 6. The van der Waals surface area contributed by atoms with Crippen molar-refractivity contribution in [3.8, 4) is 0 Å². The van der Waals surface area contributed by atoms with E-state index in [4.69, 9.17) is 11.6 Å². The second-order valence-corrected chi connectivity index (χ2v) is 5.93. The molecule has 0 radical (unpaired) electrons. The molecule has 0 aliphatic carbocycles. The van der Waals surface area contributed by atoms with E-state index in [2.05, 4.69) is 24.9 Å². The largest absolute Gasteiger partial charge is 0.324 e.